The van der Waals surface area contributed by atoms with Crippen LogP contribution in [-0.4, -0.2) is 28.6 Å². The number of esters is 1. The second-order valence-electron chi connectivity index (χ2n) is 5.36. The van der Waals surface area contributed by atoms with Crippen molar-refractivity contribution < 1.29 is 24.4 Å². The molecule has 0 aliphatic rings. The van der Waals surface area contributed by atoms with Gasteiger partial charge in [-0.15, -0.1) is 0 Å². The lowest BCUT2D eigenvalue weighted by Crippen LogP contribution is -2.47. The quantitative estimate of drug-likeness (QED) is 0.358. The molecule has 1 atom stereocenters. The molecule has 0 saturated heterocycles. The number of hydrogen-bond acceptors (Lipinski definition) is 5. The third-order valence-corrected chi connectivity index (χ3v) is 3.90. The third kappa shape index (κ3) is 3.50. The highest BCUT2D eigenvalue weighted by Gasteiger charge is 2.50. The Morgan fingerprint density at radius 1 is 1.12 bits per heavy atom. The summed E-state index contributed by atoms with van der Waals surface area (Å²) in [6.45, 7) is 1.57. The molecule has 25 heavy (non-hydrogen) atoms. The number of nitro groups is 1. The van der Waals surface area contributed by atoms with E-state index in [0.717, 1.165) is 0 Å². The highest BCUT2D eigenvalue weighted by Crippen LogP contribution is 2.34. The van der Waals surface area contributed by atoms with Crippen molar-refractivity contribution in [2.45, 2.75) is 18.8 Å². The number of rotatable bonds is 7. The van der Waals surface area contributed by atoms with Gasteiger partial charge < -0.3 is 9.84 Å². The molecule has 0 fully saturated rings. The van der Waals surface area contributed by atoms with Gasteiger partial charge in [0, 0.05) is 18.1 Å². The summed E-state index contributed by atoms with van der Waals surface area (Å²) in [6, 6.07) is 13.7. The first-order chi connectivity index (χ1) is 11.9. The molecule has 0 aromatic heterocycles. The van der Waals surface area contributed by atoms with E-state index in [1.807, 2.05) is 0 Å². The lowest BCUT2D eigenvalue weighted by Gasteiger charge is -2.27. The van der Waals surface area contributed by atoms with E-state index in [1.54, 1.807) is 31.2 Å². The summed E-state index contributed by atoms with van der Waals surface area (Å²) in [7, 11) is 0. The Bertz CT molecular complexity index is 789. The van der Waals surface area contributed by atoms with Crippen molar-refractivity contribution in [2.75, 3.05) is 6.61 Å². The van der Waals surface area contributed by atoms with Crippen LogP contribution in [0.1, 0.15) is 18.1 Å². The van der Waals surface area contributed by atoms with Crippen molar-refractivity contribution in [1.29, 1.82) is 0 Å². The van der Waals surface area contributed by atoms with E-state index in [9.17, 15) is 24.8 Å². The molecule has 7 nitrogen and oxygen atoms in total. The van der Waals surface area contributed by atoms with Crippen molar-refractivity contribution >= 4 is 17.6 Å². The Morgan fingerprint density at radius 3 is 2.28 bits per heavy atom. The molecular weight excluding hydrogens is 326 g/mol. The number of hydrogen-bond donors (Lipinski definition) is 1. The van der Waals surface area contributed by atoms with Gasteiger partial charge in [0.1, 0.15) is 0 Å². The minimum atomic E-state index is -2.07. The minimum Gasteiger partial charge on any atom is -0.480 e. The molecule has 130 valence electrons. The summed E-state index contributed by atoms with van der Waals surface area (Å²) in [5.41, 5.74) is -1.96. The average Bonchev–Trinajstić information content (AvgIpc) is 2.60. The summed E-state index contributed by atoms with van der Waals surface area (Å²) in [6.07, 6.45) is -0.387. The fraction of sp³-hybridized carbons (Fsp3) is 0.222. The number of para-hydroxylation sites is 1. The van der Waals surface area contributed by atoms with Crippen LogP contribution in [0.3, 0.4) is 0 Å². The molecule has 0 bridgehead atoms. The van der Waals surface area contributed by atoms with Crippen LogP contribution in [0.4, 0.5) is 5.69 Å². The van der Waals surface area contributed by atoms with Crippen molar-refractivity contribution in [3.8, 4) is 0 Å². The fourth-order valence-corrected chi connectivity index (χ4v) is 2.68. The first-order valence-electron chi connectivity index (χ1n) is 7.62. The van der Waals surface area contributed by atoms with Gasteiger partial charge in [-0.2, -0.15) is 0 Å². The van der Waals surface area contributed by atoms with Gasteiger partial charge in [-0.05, 0) is 12.5 Å². The van der Waals surface area contributed by atoms with E-state index in [2.05, 4.69) is 0 Å². The molecule has 7 heteroatoms. The number of carbonyl (C=O) groups is 2. The maximum Gasteiger partial charge on any atom is 0.328 e. The highest BCUT2D eigenvalue weighted by molar-refractivity contribution is 6.06. The largest absolute Gasteiger partial charge is 0.480 e. The van der Waals surface area contributed by atoms with Crippen LogP contribution in [0.25, 0.3) is 0 Å². The summed E-state index contributed by atoms with van der Waals surface area (Å²) < 4.78 is 5.01. The van der Waals surface area contributed by atoms with Gasteiger partial charge in [0.05, 0.1) is 11.5 Å². The van der Waals surface area contributed by atoms with E-state index in [-0.39, 0.29) is 29.8 Å². The molecule has 2 rings (SSSR count). The van der Waals surface area contributed by atoms with Crippen LogP contribution in [-0.2, 0) is 26.2 Å². The van der Waals surface area contributed by atoms with Crippen molar-refractivity contribution in [1.82, 2.24) is 0 Å². The first-order valence-corrected chi connectivity index (χ1v) is 7.62. The smallest absolute Gasteiger partial charge is 0.328 e. The molecule has 0 heterocycles. The van der Waals surface area contributed by atoms with Gasteiger partial charge in [-0.3, -0.25) is 19.7 Å². The van der Waals surface area contributed by atoms with Crippen LogP contribution >= 0.6 is 0 Å². The molecule has 0 amide bonds. The van der Waals surface area contributed by atoms with E-state index < -0.39 is 22.3 Å². The molecule has 0 aliphatic heterocycles. The summed E-state index contributed by atoms with van der Waals surface area (Å²) >= 11 is 0. The van der Waals surface area contributed by atoms with Crippen molar-refractivity contribution in [2.24, 2.45) is 0 Å². The molecule has 0 aliphatic carbocycles. The summed E-state index contributed by atoms with van der Waals surface area (Å²) in [4.78, 5) is 35.4. The zero-order valence-corrected chi connectivity index (χ0v) is 13.5. The number of carboxylic acid groups (broad SMARTS) is 1. The Morgan fingerprint density at radius 2 is 1.72 bits per heavy atom. The van der Waals surface area contributed by atoms with Gasteiger partial charge in [0.15, 0.2) is 5.41 Å². The van der Waals surface area contributed by atoms with E-state index in [1.165, 1.54) is 30.3 Å². The fourth-order valence-electron chi connectivity index (χ4n) is 2.68. The van der Waals surface area contributed by atoms with Gasteiger partial charge in [0.25, 0.3) is 5.69 Å². The van der Waals surface area contributed by atoms with Crippen LogP contribution in [0.15, 0.2) is 54.6 Å². The molecule has 0 radical (unpaired) electrons. The number of aliphatic carboxylic acids is 1. The maximum atomic E-state index is 12.6. The molecule has 1 N–H and O–H groups in total. The Labute approximate surface area is 144 Å². The molecule has 2 aromatic rings. The van der Waals surface area contributed by atoms with E-state index in [4.69, 9.17) is 4.74 Å². The number of nitro benzene ring substituents is 1. The highest BCUT2D eigenvalue weighted by atomic mass is 16.6. The summed E-state index contributed by atoms with van der Waals surface area (Å²) in [5.74, 6) is -2.37. The lowest BCUT2D eigenvalue weighted by atomic mass is 9.75. The minimum absolute atomic E-state index is 0.00240. The number of carboxylic acids is 1. The zero-order chi connectivity index (χ0) is 18.4. The summed E-state index contributed by atoms with van der Waals surface area (Å²) in [5, 5.41) is 21.1. The van der Waals surface area contributed by atoms with Gasteiger partial charge >= 0.3 is 11.9 Å². The number of nitrogens with zero attached hydrogens (tertiary/aromatic N) is 1. The second kappa shape index (κ2) is 7.57. The monoisotopic (exact) mass is 343 g/mol. The third-order valence-electron chi connectivity index (χ3n) is 3.90. The Balaban J connectivity index is 2.65. The molecule has 0 saturated carbocycles. The van der Waals surface area contributed by atoms with Gasteiger partial charge in [0.2, 0.25) is 0 Å². The SMILES string of the molecule is CCOC(=O)C(Cc1ccccc1[N+](=O)[O-])(C(=O)O)c1ccccc1. The van der Waals surface area contributed by atoms with Crippen LogP contribution < -0.4 is 0 Å². The number of ether oxygens (including phenoxy) is 1. The molecule has 2 aromatic carbocycles. The molecule has 0 spiro atoms. The predicted molar refractivity (Wildman–Crippen MR) is 89.2 cm³/mol. The van der Waals surface area contributed by atoms with Crippen molar-refractivity contribution in [3.05, 3.63) is 75.8 Å². The van der Waals surface area contributed by atoms with Crippen LogP contribution in [0, 0.1) is 10.1 Å². The van der Waals surface area contributed by atoms with E-state index in [0.29, 0.717) is 0 Å². The normalized spacial score (nSPS) is 12.8. The average molecular weight is 343 g/mol. The van der Waals surface area contributed by atoms with E-state index >= 15 is 0 Å². The standard InChI is InChI=1S/C18H17NO6/c1-2-25-17(22)18(16(20)21,14-9-4-3-5-10-14)12-13-8-6-7-11-15(13)19(23)24/h3-11H,2,12H2,1H3,(H,20,21). The van der Waals surface area contributed by atoms with Gasteiger partial charge in [-0.25, -0.2) is 0 Å². The first kappa shape index (κ1) is 18.1. The zero-order valence-electron chi connectivity index (χ0n) is 13.5. The number of benzene rings is 2. The van der Waals surface area contributed by atoms with Gasteiger partial charge in [-0.1, -0.05) is 48.5 Å². The maximum absolute atomic E-state index is 12.6. The number of carbonyl (C=O) groups excluding carboxylic acids is 1. The van der Waals surface area contributed by atoms with Crippen molar-refractivity contribution in [3.63, 3.8) is 0 Å². The Kier molecular flexibility index (Phi) is 5.49. The molecule has 1 unspecified atom stereocenters. The Hall–Kier alpha value is -3.22. The topological polar surface area (TPSA) is 107 Å². The second-order valence-corrected chi connectivity index (χ2v) is 5.36. The van der Waals surface area contributed by atoms with Crippen LogP contribution in [0.5, 0.6) is 0 Å². The lowest BCUT2D eigenvalue weighted by molar-refractivity contribution is -0.385. The molecular formula is C18H17NO6. The predicted octanol–water partition coefficient (Wildman–Crippen LogP) is 2.72. The van der Waals surface area contributed by atoms with Crippen LogP contribution in [0.2, 0.25) is 0 Å².